The first-order chi connectivity index (χ1) is 3.29. The zero-order chi connectivity index (χ0) is 5.28. The number of quaternary nitrogens is 1. The van der Waals surface area contributed by atoms with Gasteiger partial charge in [0, 0.05) is 0 Å². The Morgan fingerprint density at radius 1 is 1.86 bits per heavy atom. The van der Waals surface area contributed by atoms with Gasteiger partial charge in [0.05, 0.1) is 0 Å². The first-order valence-electron chi connectivity index (χ1n) is 2.15. The second-order valence-electron chi connectivity index (χ2n) is 1.59. The normalized spacial score (nSPS) is 9.43. The van der Waals surface area contributed by atoms with Crippen LogP contribution in [0.3, 0.4) is 0 Å². The number of hydrogen-bond acceptors (Lipinski definition) is 0. The van der Waals surface area contributed by atoms with E-state index in [2.05, 4.69) is 10.8 Å². The lowest BCUT2D eigenvalue weighted by molar-refractivity contribution is -0.727. The molecule has 1 rings (SSSR count). The molecule has 3 heteroatoms. The van der Waals surface area contributed by atoms with Gasteiger partial charge in [0.15, 0.2) is 7.05 Å². The molecule has 1 heterocycles. The highest BCUT2D eigenvalue weighted by atomic mass is 15.2. The van der Waals surface area contributed by atoms with Crippen LogP contribution in [-0.4, -0.2) is 5.10 Å². The molecule has 4 N–H and O–H groups in total. The monoisotopic (exact) mass is 99.1 g/mol. The van der Waals surface area contributed by atoms with Gasteiger partial charge in [-0.15, -0.1) is 4.68 Å². The fourth-order valence-electron chi connectivity index (χ4n) is 0.508. The maximum atomic E-state index is 3.69. The molecular weight excluding hydrogens is 90.1 g/mol. The van der Waals surface area contributed by atoms with Gasteiger partial charge in [-0.25, -0.2) is 0 Å². The minimum Gasteiger partial charge on any atom is -0.319 e. The van der Waals surface area contributed by atoms with Crippen molar-refractivity contribution in [1.82, 2.24) is 5.10 Å². The van der Waals surface area contributed by atoms with Crippen LogP contribution >= 0.6 is 0 Å². The lowest BCUT2D eigenvalue weighted by Crippen LogP contribution is -2.40. The van der Waals surface area contributed by atoms with E-state index in [0.29, 0.717) is 0 Å². The molecular formula is C4H9N3+2. The largest absolute Gasteiger partial charge is 0.319 e. The third kappa shape index (κ3) is 0.778. The van der Waals surface area contributed by atoms with Gasteiger partial charge in [-0.3, -0.25) is 0 Å². The molecule has 0 bridgehead atoms. The summed E-state index contributed by atoms with van der Waals surface area (Å²) in [6.07, 6.45) is 3.76. The van der Waals surface area contributed by atoms with Crippen molar-refractivity contribution in [3.05, 3.63) is 12.4 Å². The molecule has 0 unspecified atom stereocenters. The summed E-state index contributed by atoms with van der Waals surface area (Å²) >= 11 is 0. The summed E-state index contributed by atoms with van der Waals surface area (Å²) in [5.41, 5.74) is 4.71. The number of aryl methyl sites for hydroxylation is 1. The van der Waals surface area contributed by atoms with Crippen LogP contribution in [0.25, 0.3) is 0 Å². The number of aromatic nitrogens is 2. The summed E-state index contributed by atoms with van der Waals surface area (Å²) in [6, 6.07) is 0. The lowest BCUT2D eigenvalue weighted by Gasteiger charge is -1.64. The van der Waals surface area contributed by atoms with Crippen LogP contribution in [0.2, 0.25) is 0 Å². The van der Waals surface area contributed by atoms with E-state index < -0.39 is 0 Å². The Labute approximate surface area is 41.7 Å². The lowest BCUT2D eigenvalue weighted by atomic mass is 10.6. The van der Waals surface area contributed by atoms with Crippen molar-refractivity contribution < 1.29 is 10.4 Å². The summed E-state index contributed by atoms with van der Waals surface area (Å²) in [4.78, 5) is 0. The van der Waals surface area contributed by atoms with Gasteiger partial charge in [-0.1, -0.05) is 0 Å². The average molecular weight is 99.1 g/mol. The molecule has 0 saturated carbocycles. The van der Waals surface area contributed by atoms with Crippen LogP contribution < -0.4 is 10.4 Å². The molecule has 38 valence electrons. The Morgan fingerprint density at radius 2 is 2.57 bits per heavy atom. The number of aromatic amines is 1. The van der Waals surface area contributed by atoms with Crippen LogP contribution in [0, 0.1) is 0 Å². The van der Waals surface area contributed by atoms with Gasteiger partial charge in [0.2, 0.25) is 5.69 Å². The van der Waals surface area contributed by atoms with Gasteiger partial charge < -0.3 is 5.73 Å². The number of hydrogen-bond donors (Lipinski definition) is 2. The van der Waals surface area contributed by atoms with Crippen molar-refractivity contribution in [2.45, 2.75) is 0 Å². The zero-order valence-electron chi connectivity index (χ0n) is 4.31. The summed E-state index contributed by atoms with van der Waals surface area (Å²) in [6.45, 7) is 0. The van der Waals surface area contributed by atoms with E-state index in [0.717, 1.165) is 5.69 Å². The summed E-state index contributed by atoms with van der Waals surface area (Å²) in [7, 11) is 1.93. The summed E-state index contributed by atoms with van der Waals surface area (Å²) in [5, 5.41) is 2.92. The molecule has 1 aromatic heterocycles. The molecule has 0 fully saturated rings. The molecule has 0 spiro atoms. The third-order valence-electron chi connectivity index (χ3n) is 0.813. The van der Waals surface area contributed by atoms with Gasteiger partial charge in [0.25, 0.3) is 6.20 Å². The molecule has 7 heavy (non-hydrogen) atoms. The highest BCUT2D eigenvalue weighted by molar-refractivity contribution is 5.13. The predicted octanol–water partition coefficient (Wildman–Crippen LogP) is -1.29. The SMILES string of the molecule is C[n+]1cc([NH3+])c[nH]1. The smallest absolute Gasteiger partial charge is 0.255 e. The van der Waals surface area contributed by atoms with E-state index in [4.69, 9.17) is 0 Å². The van der Waals surface area contributed by atoms with Crippen LogP contribution in [0.5, 0.6) is 0 Å². The van der Waals surface area contributed by atoms with Crippen LogP contribution in [0.4, 0.5) is 5.69 Å². The van der Waals surface area contributed by atoms with Crippen LogP contribution in [-0.2, 0) is 7.05 Å². The fraction of sp³-hybridized carbons (Fsp3) is 0.250. The predicted molar refractivity (Wildman–Crippen MR) is 24.5 cm³/mol. The maximum absolute atomic E-state index is 3.69. The van der Waals surface area contributed by atoms with Gasteiger partial charge in [-0.2, -0.15) is 5.10 Å². The Balaban J connectivity index is 3.04. The Kier molecular flexibility index (Phi) is 0.834. The van der Waals surface area contributed by atoms with Crippen LogP contribution in [0.15, 0.2) is 12.4 Å². The minimum atomic E-state index is 1.02. The summed E-state index contributed by atoms with van der Waals surface area (Å²) < 4.78 is 1.85. The van der Waals surface area contributed by atoms with Crippen molar-refractivity contribution in [3.63, 3.8) is 0 Å². The van der Waals surface area contributed by atoms with E-state index in [1.807, 2.05) is 24.1 Å². The maximum Gasteiger partial charge on any atom is 0.255 e. The Hall–Kier alpha value is -0.830. The Morgan fingerprint density at radius 3 is 2.71 bits per heavy atom. The number of H-pyrrole nitrogens is 1. The van der Waals surface area contributed by atoms with Crippen molar-refractivity contribution in [2.75, 3.05) is 0 Å². The molecule has 0 atom stereocenters. The van der Waals surface area contributed by atoms with Crippen molar-refractivity contribution in [1.29, 1.82) is 0 Å². The third-order valence-corrected chi connectivity index (χ3v) is 0.813. The van der Waals surface area contributed by atoms with E-state index >= 15 is 0 Å². The van der Waals surface area contributed by atoms with E-state index in [1.165, 1.54) is 0 Å². The second-order valence-corrected chi connectivity index (χ2v) is 1.59. The standard InChI is InChI=1S/C4H7N3/c1-7-3-4(5)2-6-7/h2-3H,5H2,1H3/p+2. The Bertz CT molecular complexity index is 139. The minimum absolute atomic E-state index is 1.02. The van der Waals surface area contributed by atoms with E-state index in [-0.39, 0.29) is 0 Å². The fourth-order valence-corrected chi connectivity index (χ4v) is 0.508. The van der Waals surface area contributed by atoms with Gasteiger partial charge >= 0.3 is 0 Å². The van der Waals surface area contributed by atoms with Gasteiger partial charge in [-0.05, 0) is 0 Å². The first kappa shape index (κ1) is 4.33. The molecule has 3 nitrogen and oxygen atoms in total. The molecule has 0 aliphatic carbocycles. The van der Waals surface area contributed by atoms with Gasteiger partial charge in [0.1, 0.15) is 6.20 Å². The highest BCUT2D eigenvalue weighted by Gasteiger charge is 1.95. The van der Waals surface area contributed by atoms with E-state index in [1.54, 1.807) is 0 Å². The average Bonchev–Trinajstić information content (AvgIpc) is 1.87. The zero-order valence-corrected chi connectivity index (χ0v) is 4.31. The molecule has 0 aliphatic heterocycles. The molecule has 1 aromatic rings. The first-order valence-corrected chi connectivity index (χ1v) is 2.15. The topological polar surface area (TPSA) is 47.3 Å². The molecule has 0 saturated heterocycles. The quantitative estimate of drug-likeness (QED) is 0.380. The van der Waals surface area contributed by atoms with Crippen LogP contribution in [0.1, 0.15) is 0 Å². The number of rotatable bonds is 0. The highest BCUT2D eigenvalue weighted by Crippen LogP contribution is 1.83. The number of nitrogens with zero attached hydrogens (tertiary/aromatic N) is 1. The second kappa shape index (κ2) is 1.35. The molecule has 0 radical (unpaired) electrons. The molecule has 0 amide bonds. The molecule has 0 aromatic carbocycles. The van der Waals surface area contributed by atoms with E-state index in [9.17, 15) is 0 Å². The van der Waals surface area contributed by atoms with Crippen molar-refractivity contribution >= 4 is 5.69 Å². The number of nitrogens with one attached hydrogen (secondary N) is 1. The summed E-state index contributed by atoms with van der Waals surface area (Å²) in [5.74, 6) is 0. The van der Waals surface area contributed by atoms with Crippen molar-refractivity contribution in [2.24, 2.45) is 7.05 Å². The molecule has 0 aliphatic rings. The van der Waals surface area contributed by atoms with Crippen molar-refractivity contribution in [3.8, 4) is 0 Å².